The number of hydrogen-bond donors (Lipinski definition) is 1. The number of esters is 1. The van der Waals surface area contributed by atoms with Crippen LogP contribution in [0.3, 0.4) is 0 Å². The van der Waals surface area contributed by atoms with Gasteiger partial charge >= 0.3 is 5.97 Å². The van der Waals surface area contributed by atoms with Crippen molar-refractivity contribution in [3.05, 3.63) is 35.4 Å². The van der Waals surface area contributed by atoms with Gasteiger partial charge in [-0.25, -0.2) is 0 Å². The molecule has 1 aromatic carbocycles. The number of benzene rings is 1. The number of ether oxygens (including phenoxy) is 1. The molecule has 0 aliphatic carbocycles. The fourth-order valence-corrected chi connectivity index (χ4v) is 1.04. The van der Waals surface area contributed by atoms with Gasteiger partial charge in [-0.3, -0.25) is 9.59 Å². The van der Waals surface area contributed by atoms with Crippen molar-refractivity contribution < 1.29 is 14.3 Å². The minimum Gasteiger partial charge on any atom is -0.468 e. The molecule has 0 saturated carbocycles. The normalized spacial score (nSPS) is 8.81. The van der Waals surface area contributed by atoms with E-state index in [-0.39, 0.29) is 6.42 Å². The first kappa shape index (κ1) is 11.8. The van der Waals surface area contributed by atoms with Crippen LogP contribution >= 0.6 is 0 Å². The Hall–Kier alpha value is -2.28. The fraction of sp³-hybridized carbons (Fsp3) is 0.167. The van der Waals surface area contributed by atoms with Gasteiger partial charge in [0, 0.05) is 11.1 Å². The molecule has 16 heavy (non-hydrogen) atoms. The van der Waals surface area contributed by atoms with E-state index in [0.717, 1.165) is 0 Å². The zero-order valence-corrected chi connectivity index (χ0v) is 8.82. The van der Waals surface area contributed by atoms with E-state index in [9.17, 15) is 9.59 Å². The van der Waals surface area contributed by atoms with Gasteiger partial charge < -0.3 is 10.5 Å². The van der Waals surface area contributed by atoms with Crippen LogP contribution in [-0.2, 0) is 9.53 Å². The number of primary amides is 1. The van der Waals surface area contributed by atoms with Crippen LogP contribution in [0.1, 0.15) is 22.3 Å². The molecular weight excluding hydrogens is 206 g/mol. The summed E-state index contributed by atoms with van der Waals surface area (Å²) < 4.78 is 4.43. The maximum absolute atomic E-state index is 10.9. The van der Waals surface area contributed by atoms with Gasteiger partial charge in [0.1, 0.15) is 6.42 Å². The molecule has 4 nitrogen and oxygen atoms in total. The van der Waals surface area contributed by atoms with Crippen LogP contribution < -0.4 is 5.73 Å². The summed E-state index contributed by atoms with van der Waals surface area (Å²) in [5.74, 6) is 4.50. The molecule has 4 heteroatoms. The summed E-state index contributed by atoms with van der Waals surface area (Å²) in [5, 5.41) is 0. The van der Waals surface area contributed by atoms with Crippen molar-refractivity contribution >= 4 is 11.9 Å². The van der Waals surface area contributed by atoms with Gasteiger partial charge in [-0.1, -0.05) is 17.9 Å². The van der Waals surface area contributed by atoms with Crippen molar-refractivity contribution in [1.29, 1.82) is 0 Å². The quantitative estimate of drug-likeness (QED) is 0.585. The Balaban J connectivity index is 2.77. The lowest BCUT2D eigenvalue weighted by molar-refractivity contribution is -0.139. The molecule has 0 aliphatic rings. The van der Waals surface area contributed by atoms with Crippen LogP contribution in [0, 0.1) is 11.8 Å². The minimum absolute atomic E-state index is 0.0251. The van der Waals surface area contributed by atoms with Gasteiger partial charge in [-0.05, 0) is 18.2 Å². The molecular formula is C12H11NO3. The van der Waals surface area contributed by atoms with Crippen molar-refractivity contribution in [1.82, 2.24) is 0 Å². The van der Waals surface area contributed by atoms with Crippen LogP contribution in [0.2, 0.25) is 0 Å². The highest BCUT2D eigenvalue weighted by atomic mass is 16.5. The highest BCUT2D eigenvalue weighted by Gasteiger charge is 1.99. The maximum Gasteiger partial charge on any atom is 0.317 e. The molecule has 1 rings (SSSR count). The van der Waals surface area contributed by atoms with E-state index in [1.54, 1.807) is 24.3 Å². The van der Waals surface area contributed by atoms with Crippen molar-refractivity contribution in [3.63, 3.8) is 0 Å². The summed E-state index contributed by atoms with van der Waals surface area (Å²) in [7, 11) is 1.30. The maximum atomic E-state index is 10.9. The molecule has 0 spiro atoms. The van der Waals surface area contributed by atoms with Gasteiger partial charge in [0.15, 0.2) is 0 Å². The van der Waals surface area contributed by atoms with E-state index < -0.39 is 11.9 Å². The van der Waals surface area contributed by atoms with E-state index in [1.165, 1.54) is 7.11 Å². The molecule has 0 unspecified atom stereocenters. The number of methoxy groups -OCH3 is 1. The first-order valence-corrected chi connectivity index (χ1v) is 4.59. The van der Waals surface area contributed by atoms with E-state index in [4.69, 9.17) is 5.73 Å². The van der Waals surface area contributed by atoms with Crippen LogP contribution in [0.5, 0.6) is 0 Å². The monoisotopic (exact) mass is 217 g/mol. The Labute approximate surface area is 93.4 Å². The lowest BCUT2D eigenvalue weighted by Crippen LogP contribution is -2.10. The first-order valence-electron chi connectivity index (χ1n) is 4.59. The molecule has 0 bridgehead atoms. The molecule has 0 fully saturated rings. The average molecular weight is 217 g/mol. The van der Waals surface area contributed by atoms with Crippen LogP contribution in [-0.4, -0.2) is 19.0 Å². The zero-order chi connectivity index (χ0) is 12.0. The van der Waals surface area contributed by atoms with Crippen molar-refractivity contribution in [2.45, 2.75) is 6.42 Å². The highest BCUT2D eigenvalue weighted by Crippen LogP contribution is 2.03. The summed E-state index contributed by atoms with van der Waals surface area (Å²) in [5.41, 5.74) is 6.15. The van der Waals surface area contributed by atoms with Gasteiger partial charge in [0.2, 0.25) is 5.91 Å². The van der Waals surface area contributed by atoms with Crippen molar-refractivity contribution in [2.75, 3.05) is 7.11 Å². The number of carbonyl (C=O) groups excluding carboxylic acids is 2. The minimum atomic E-state index is -0.503. The summed E-state index contributed by atoms with van der Waals surface area (Å²) in [6.07, 6.45) is 0.0251. The Morgan fingerprint density at radius 2 is 2.19 bits per heavy atom. The van der Waals surface area contributed by atoms with E-state index in [0.29, 0.717) is 11.1 Å². The predicted molar refractivity (Wildman–Crippen MR) is 58.5 cm³/mol. The lowest BCUT2D eigenvalue weighted by Gasteiger charge is -1.95. The van der Waals surface area contributed by atoms with Gasteiger partial charge in [0.05, 0.1) is 7.11 Å². The molecule has 0 heterocycles. The van der Waals surface area contributed by atoms with E-state index >= 15 is 0 Å². The summed E-state index contributed by atoms with van der Waals surface area (Å²) in [6, 6.07) is 6.60. The fourth-order valence-electron chi connectivity index (χ4n) is 1.04. The molecule has 0 atom stereocenters. The van der Waals surface area contributed by atoms with Gasteiger partial charge in [0.25, 0.3) is 0 Å². The first-order chi connectivity index (χ1) is 7.63. The van der Waals surface area contributed by atoms with E-state index in [1.807, 2.05) is 0 Å². The largest absolute Gasteiger partial charge is 0.468 e. The van der Waals surface area contributed by atoms with Gasteiger partial charge in [-0.15, -0.1) is 0 Å². The Bertz CT molecular complexity index is 469. The number of nitrogens with two attached hydrogens (primary N) is 1. The third kappa shape index (κ3) is 3.46. The molecule has 0 saturated heterocycles. The number of rotatable bonds is 2. The standard InChI is InChI=1S/C12H11NO3/c1-16-11(14)7-3-5-9-4-2-6-10(8-9)12(13)15/h2,4,6,8H,7H2,1H3,(H2,13,15). The molecule has 1 aromatic rings. The van der Waals surface area contributed by atoms with Crippen LogP contribution in [0.15, 0.2) is 24.3 Å². The van der Waals surface area contributed by atoms with Crippen molar-refractivity contribution in [2.24, 2.45) is 5.73 Å². The third-order valence-corrected chi connectivity index (χ3v) is 1.84. The predicted octanol–water partition coefficient (Wildman–Crippen LogP) is 0.700. The Morgan fingerprint density at radius 1 is 1.44 bits per heavy atom. The lowest BCUT2D eigenvalue weighted by atomic mass is 10.1. The number of carbonyl (C=O) groups is 2. The summed E-state index contributed by atoms with van der Waals surface area (Å²) in [6.45, 7) is 0. The summed E-state index contributed by atoms with van der Waals surface area (Å²) in [4.78, 5) is 21.7. The molecule has 2 N–H and O–H groups in total. The van der Waals surface area contributed by atoms with Crippen LogP contribution in [0.25, 0.3) is 0 Å². The molecule has 0 aliphatic heterocycles. The zero-order valence-electron chi connectivity index (χ0n) is 8.82. The SMILES string of the molecule is COC(=O)CC#Cc1cccc(C(N)=O)c1. The second-order valence-electron chi connectivity index (χ2n) is 3.00. The second-order valence-corrected chi connectivity index (χ2v) is 3.00. The Kier molecular flexibility index (Phi) is 4.10. The molecule has 0 aromatic heterocycles. The highest BCUT2D eigenvalue weighted by molar-refractivity contribution is 5.93. The Morgan fingerprint density at radius 3 is 2.81 bits per heavy atom. The number of hydrogen-bond acceptors (Lipinski definition) is 3. The third-order valence-electron chi connectivity index (χ3n) is 1.84. The summed E-state index contributed by atoms with van der Waals surface area (Å²) >= 11 is 0. The molecule has 0 radical (unpaired) electrons. The van der Waals surface area contributed by atoms with E-state index in [2.05, 4.69) is 16.6 Å². The smallest absolute Gasteiger partial charge is 0.317 e. The van der Waals surface area contributed by atoms with Crippen molar-refractivity contribution in [3.8, 4) is 11.8 Å². The molecule has 1 amide bonds. The van der Waals surface area contributed by atoms with Crippen LogP contribution in [0.4, 0.5) is 0 Å². The second kappa shape index (κ2) is 5.56. The number of amides is 1. The average Bonchev–Trinajstić information content (AvgIpc) is 2.29. The topological polar surface area (TPSA) is 69.4 Å². The molecule has 82 valence electrons. The van der Waals surface area contributed by atoms with Gasteiger partial charge in [-0.2, -0.15) is 0 Å².